The average Bonchev–Trinajstić information content (AvgIpc) is 3.41. The van der Waals surface area contributed by atoms with Crippen molar-refractivity contribution in [3.05, 3.63) is 43.1 Å². The van der Waals surface area contributed by atoms with Crippen molar-refractivity contribution in [2.24, 2.45) is 0 Å². The number of nitrogen functional groups attached to an aromatic ring is 1. The maximum absolute atomic E-state index is 13.7. The molecule has 0 radical (unpaired) electrons. The van der Waals surface area contributed by atoms with Crippen LogP contribution in [0.1, 0.15) is 19.8 Å². The van der Waals surface area contributed by atoms with Gasteiger partial charge in [0.1, 0.15) is 29.5 Å². The number of rotatable bonds is 7. The summed E-state index contributed by atoms with van der Waals surface area (Å²) in [7, 11) is 0. The molecular formula is C21H21F3N10. The van der Waals surface area contributed by atoms with E-state index in [4.69, 9.17) is 5.73 Å². The number of nitrogens with two attached hydrogens (primary N) is 1. The van der Waals surface area contributed by atoms with Crippen LogP contribution in [-0.4, -0.2) is 52.5 Å². The molecule has 0 aliphatic heterocycles. The van der Waals surface area contributed by atoms with Gasteiger partial charge in [0, 0.05) is 17.8 Å². The quantitative estimate of drug-likeness (QED) is 0.372. The van der Waals surface area contributed by atoms with Gasteiger partial charge in [0.05, 0.1) is 17.8 Å². The van der Waals surface area contributed by atoms with Gasteiger partial charge < -0.3 is 16.4 Å². The Morgan fingerprint density at radius 2 is 1.97 bits per heavy atom. The zero-order chi connectivity index (χ0) is 23.9. The number of anilines is 3. The molecule has 1 saturated carbocycles. The molecule has 176 valence electrons. The van der Waals surface area contributed by atoms with Crippen LogP contribution in [0.4, 0.5) is 30.8 Å². The Hall–Kier alpha value is -4.03. The normalized spacial score (nSPS) is 15.8. The third-order valence-electron chi connectivity index (χ3n) is 5.58. The molecule has 4 heterocycles. The highest BCUT2D eigenvalue weighted by Crippen LogP contribution is 2.51. The van der Waals surface area contributed by atoms with Gasteiger partial charge in [0.15, 0.2) is 5.82 Å². The Kier molecular flexibility index (Phi) is 5.18. The smallest absolute Gasteiger partial charge is 0.384 e. The number of nitrogens with one attached hydrogen (secondary N) is 2. The van der Waals surface area contributed by atoms with E-state index in [1.54, 1.807) is 41.5 Å². The van der Waals surface area contributed by atoms with Gasteiger partial charge >= 0.3 is 6.18 Å². The first-order chi connectivity index (χ1) is 16.2. The molecule has 1 unspecified atom stereocenters. The van der Waals surface area contributed by atoms with Crippen LogP contribution in [0, 0.1) is 0 Å². The summed E-state index contributed by atoms with van der Waals surface area (Å²) in [6.07, 6.45) is 0.0650. The van der Waals surface area contributed by atoms with Crippen LogP contribution in [0.5, 0.6) is 0 Å². The topological polar surface area (TPSA) is 132 Å². The number of hydrogen-bond donors (Lipinski definition) is 3. The molecule has 5 rings (SSSR count). The van der Waals surface area contributed by atoms with E-state index in [9.17, 15) is 13.2 Å². The molecule has 0 bridgehead atoms. The van der Waals surface area contributed by atoms with E-state index in [0.29, 0.717) is 29.1 Å². The Labute approximate surface area is 191 Å². The molecule has 0 aromatic carbocycles. The first-order valence-electron chi connectivity index (χ1n) is 10.6. The first kappa shape index (κ1) is 21.8. The minimum atomic E-state index is -4.42. The van der Waals surface area contributed by atoms with Gasteiger partial charge in [-0.25, -0.2) is 19.9 Å². The van der Waals surface area contributed by atoms with Crippen molar-refractivity contribution in [1.82, 2.24) is 34.7 Å². The molecule has 4 aromatic rings. The fourth-order valence-electron chi connectivity index (χ4n) is 3.59. The summed E-state index contributed by atoms with van der Waals surface area (Å²) < 4.78 is 42.8. The molecule has 1 aliphatic rings. The lowest BCUT2D eigenvalue weighted by molar-refractivity contribution is -0.151. The van der Waals surface area contributed by atoms with Crippen molar-refractivity contribution in [2.75, 3.05) is 16.4 Å². The molecule has 4 aromatic heterocycles. The van der Waals surface area contributed by atoms with Gasteiger partial charge in [-0.2, -0.15) is 23.3 Å². The van der Waals surface area contributed by atoms with Crippen molar-refractivity contribution >= 4 is 28.6 Å². The Morgan fingerprint density at radius 3 is 2.62 bits per heavy atom. The van der Waals surface area contributed by atoms with E-state index in [2.05, 4.69) is 40.7 Å². The number of nitrogens with zero attached hydrogens (tertiary/aromatic N) is 7. The predicted octanol–water partition coefficient (Wildman–Crippen LogP) is 3.27. The Balaban J connectivity index is 1.53. The Morgan fingerprint density at radius 1 is 1.15 bits per heavy atom. The summed E-state index contributed by atoms with van der Waals surface area (Å²) in [4.78, 5) is 21.4. The molecule has 0 spiro atoms. The van der Waals surface area contributed by atoms with Gasteiger partial charge in [-0.05, 0) is 44.0 Å². The zero-order valence-electron chi connectivity index (χ0n) is 18.1. The highest BCUT2D eigenvalue weighted by molar-refractivity contribution is 5.88. The van der Waals surface area contributed by atoms with Crippen LogP contribution < -0.4 is 16.4 Å². The highest BCUT2D eigenvalue weighted by atomic mass is 19.4. The second kappa shape index (κ2) is 8.08. The summed E-state index contributed by atoms with van der Waals surface area (Å²) in [6, 6.07) is 6.62. The van der Waals surface area contributed by atoms with Gasteiger partial charge in [-0.1, -0.05) is 0 Å². The van der Waals surface area contributed by atoms with Crippen LogP contribution in [-0.2, 0) is 6.54 Å². The molecule has 13 heteroatoms. The number of fused-ring (bicyclic) bond motifs is 1. The van der Waals surface area contributed by atoms with E-state index in [-0.39, 0.29) is 36.2 Å². The monoisotopic (exact) mass is 470 g/mol. The third kappa shape index (κ3) is 4.28. The summed E-state index contributed by atoms with van der Waals surface area (Å²) in [5.41, 5.74) is 5.46. The minimum Gasteiger partial charge on any atom is -0.384 e. The molecule has 0 amide bonds. The summed E-state index contributed by atoms with van der Waals surface area (Å²) in [5, 5.41) is 9.80. The van der Waals surface area contributed by atoms with Gasteiger partial charge in [-0.3, -0.25) is 4.68 Å². The van der Waals surface area contributed by atoms with Gasteiger partial charge in [-0.15, -0.1) is 0 Å². The molecule has 1 aliphatic carbocycles. The third-order valence-corrected chi connectivity index (χ3v) is 5.58. The van der Waals surface area contributed by atoms with E-state index >= 15 is 0 Å². The van der Waals surface area contributed by atoms with Crippen LogP contribution in [0.25, 0.3) is 22.3 Å². The molecule has 1 atom stereocenters. The maximum atomic E-state index is 13.7. The van der Waals surface area contributed by atoms with Crippen LogP contribution in [0.15, 0.2) is 43.1 Å². The second-order valence-electron chi connectivity index (χ2n) is 8.30. The number of alkyl halides is 3. The van der Waals surface area contributed by atoms with Crippen LogP contribution in [0.3, 0.4) is 0 Å². The minimum absolute atomic E-state index is 0.0144. The van der Waals surface area contributed by atoms with Crippen molar-refractivity contribution in [3.8, 4) is 11.3 Å². The second-order valence-corrected chi connectivity index (χ2v) is 8.30. The number of hydrogen-bond acceptors (Lipinski definition) is 9. The predicted molar refractivity (Wildman–Crippen MR) is 120 cm³/mol. The van der Waals surface area contributed by atoms with E-state index < -0.39 is 11.7 Å². The lowest BCUT2D eigenvalue weighted by Gasteiger charge is -2.22. The largest absolute Gasteiger partial charge is 0.411 e. The fraction of sp³-hybridized carbons (Fsp3) is 0.333. The fourth-order valence-corrected chi connectivity index (χ4v) is 3.59. The summed E-state index contributed by atoms with van der Waals surface area (Å²) >= 11 is 0. The van der Waals surface area contributed by atoms with Gasteiger partial charge in [0.25, 0.3) is 0 Å². The maximum Gasteiger partial charge on any atom is 0.411 e. The molecule has 10 nitrogen and oxygen atoms in total. The zero-order valence-corrected chi connectivity index (χ0v) is 18.1. The molecule has 4 N–H and O–H groups in total. The molecule has 1 fully saturated rings. The number of aromatic nitrogens is 7. The van der Waals surface area contributed by atoms with E-state index in [1.165, 1.54) is 6.33 Å². The standard InChI is InChI=1S/C21H21F3N10/c1-12(9-34-11-26-10-28-34)29-19-31-15-4-3-14(13-2-5-16(25)27-8-13)30-17(15)18(32-19)33-20(6-7-20)21(22,23)24/h2-5,8,10-12H,6-7,9H2,1H3,(H2,25,27)(H2,29,31,32,33). The molecule has 0 saturated heterocycles. The number of pyridine rings is 2. The van der Waals surface area contributed by atoms with Crippen LogP contribution >= 0.6 is 0 Å². The summed E-state index contributed by atoms with van der Waals surface area (Å²) in [5.74, 6) is 0.552. The van der Waals surface area contributed by atoms with Crippen molar-refractivity contribution in [2.45, 2.75) is 44.1 Å². The summed E-state index contributed by atoms with van der Waals surface area (Å²) in [6.45, 7) is 2.36. The highest BCUT2D eigenvalue weighted by Gasteiger charge is 2.64. The van der Waals surface area contributed by atoms with Crippen molar-refractivity contribution in [3.63, 3.8) is 0 Å². The average molecular weight is 470 g/mol. The van der Waals surface area contributed by atoms with E-state index in [0.717, 1.165) is 0 Å². The van der Waals surface area contributed by atoms with Gasteiger partial charge in [0.2, 0.25) is 5.95 Å². The SMILES string of the molecule is CC(Cn1cncn1)Nc1nc(NC2(C(F)(F)F)CC2)c2nc(-c3ccc(N)nc3)ccc2n1. The van der Waals surface area contributed by atoms with Crippen molar-refractivity contribution in [1.29, 1.82) is 0 Å². The first-order valence-corrected chi connectivity index (χ1v) is 10.6. The molecular weight excluding hydrogens is 449 g/mol. The molecule has 34 heavy (non-hydrogen) atoms. The van der Waals surface area contributed by atoms with Crippen LogP contribution in [0.2, 0.25) is 0 Å². The lowest BCUT2D eigenvalue weighted by Crippen LogP contribution is -2.39. The van der Waals surface area contributed by atoms with E-state index in [1.807, 2.05) is 6.92 Å². The number of halogens is 3. The Bertz CT molecular complexity index is 1300. The van der Waals surface area contributed by atoms with Crippen molar-refractivity contribution < 1.29 is 13.2 Å². The lowest BCUT2D eigenvalue weighted by atomic mass is 10.1.